The van der Waals surface area contributed by atoms with E-state index in [2.05, 4.69) is 30.4 Å². The van der Waals surface area contributed by atoms with Crippen molar-refractivity contribution >= 4 is 40.0 Å². The lowest BCUT2D eigenvalue weighted by molar-refractivity contribution is -0.141. The molecular formula is C28H23F3N10O. The summed E-state index contributed by atoms with van der Waals surface area (Å²) < 4.78 is 40.1. The second-order valence-electron chi connectivity index (χ2n) is 9.62. The number of rotatable bonds is 6. The summed E-state index contributed by atoms with van der Waals surface area (Å²) in [6, 6.07) is 18.7. The lowest BCUT2D eigenvalue weighted by Gasteiger charge is -2.18. The number of alkyl halides is 3. The summed E-state index contributed by atoms with van der Waals surface area (Å²) in [4.78, 5) is 29.4. The molecule has 0 fully saturated rings. The predicted molar refractivity (Wildman–Crippen MR) is 151 cm³/mol. The van der Waals surface area contributed by atoms with Crippen LogP contribution in [0.1, 0.15) is 15.9 Å². The molecule has 0 spiro atoms. The van der Waals surface area contributed by atoms with E-state index in [1.807, 2.05) is 43.3 Å². The Bertz CT molecular complexity index is 1930. The molecule has 4 aromatic heterocycles. The Morgan fingerprint density at radius 3 is 2.45 bits per heavy atom. The zero-order valence-electron chi connectivity index (χ0n) is 22.0. The molecule has 0 aliphatic heterocycles. The van der Waals surface area contributed by atoms with Crippen LogP contribution in [0.4, 0.5) is 30.6 Å². The molecule has 42 heavy (non-hydrogen) atoms. The van der Waals surface area contributed by atoms with Crippen molar-refractivity contribution in [1.82, 2.24) is 34.6 Å². The maximum absolute atomic E-state index is 13.0. The van der Waals surface area contributed by atoms with E-state index in [9.17, 15) is 18.0 Å². The molecular weight excluding hydrogens is 549 g/mol. The average Bonchev–Trinajstić information content (AvgIpc) is 3.54. The van der Waals surface area contributed by atoms with Gasteiger partial charge in [-0.25, -0.2) is 25.3 Å². The monoisotopic (exact) mass is 572 g/mol. The zero-order chi connectivity index (χ0) is 29.6. The van der Waals surface area contributed by atoms with Crippen molar-refractivity contribution in [2.24, 2.45) is 5.84 Å². The highest BCUT2D eigenvalue weighted by molar-refractivity contribution is 6.07. The van der Waals surface area contributed by atoms with Crippen LogP contribution >= 0.6 is 0 Å². The van der Waals surface area contributed by atoms with Gasteiger partial charge in [-0.2, -0.15) is 18.3 Å². The van der Waals surface area contributed by atoms with Gasteiger partial charge in [0.15, 0.2) is 11.5 Å². The summed E-state index contributed by atoms with van der Waals surface area (Å²) in [6.45, 7) is 0.399. The van der Waals surface area contributed by atoms with Crippen LogP contribution in [-0.4, -0.2) is 53.2 Å². The number of aromatic nitrogens is 6. The van der Waals surface area contributed by atoms with Gasteiger partial charge in [0, 0.05) is 23.0 Å². The Morgan fingerprint density at radius 2 is 1.74 bits per heavy atom. The number of H-pyrrole nitrogens is 1. The van der Waals surface area contributed by atoms with Gasteiger partial charge >= 0.3 is 6.18 Å². The molecule has 0 bridgehead atoms. The smallest absolute Gasteiger partial charge is 0.382 e. The summed E-state index contributed by atoms with van der Waals surface area (Å²) in [6.07, 6.45) is -2.22. The first-order valence-corrected chi connectivity index (χ1v) is 12.6. The summed E-state index contributed by atoms with van der Waals surface area (Å²) in [5, 5.41) is 7.34. The van der Waals surface area contributed by atoms with Gasteiger partial charge in [-0.3, -0.25) is 9.80 Å². The Labute approximate surface area is 236 Å². The molecule has 11 nitrogen and oxygen atoms in total. The summed E-state index contributed by atoms with van der Waals surface area (Å²) in [5.41, 5.74) is 11.8. The van der Waals surface area contributed by atoms with E-state index in [-0.39, 0.29) is 27.5 Å². The molecule has 0 saturated heterocycles. The summed E-state index contributed by atoms with van der Waals surface area (Å²) in [5.74, 6) is 4.95. The number of pyridine rings is 1. The van der Waals surface area contributed by atoms with Crippen molar-refractivity contribution in [3.63, 3.8) is 0 Å². The van der Waals surface area contributed by atoms with E-state index in [1.165, 1.54) is 17.0 Å². The molecule has 0 unspecified atom stereocenters. The number of anilines is 3. The number of imidazole rings is 1. The Kier molecular flexibility index (Phi) is 6.46. The fourth-order valence-corrected chi connectivity index (χ4v) is 4.60. The number of halogens is 3. The van der Waals surface area contributed by atoms with Crippen LogP contribution in [-0.2, 0) is 0 Å². The van der Waals surface area contributed by atoms with Crippen molar-refractivity contribution in [2.45, 2.75) is 13.1 Å². The molecule has 0 radical (unpaired) electrons. The lowest BCUT2D eigenvalue weighted by Crippen LogP contribution is -2.43. The fourth-order valence-electron chi connectivity index (χ4n) is 4.60. The first kappa shape index (κ1) is 26.7. The Hall–Kier alpha value is -5.50. The van der Waals surface area contributed by atoms with Gasteiger partial charge in [0.1, 0.15) is 23.9 Å². The van der Waals surface area contributed by atoms with E-state index in [1.54, 1.807) is 24.3 Å². The van der Waals surface area contributed by atoms with Crippen LogP contribution in [0.3, 0.4) is 0 Å². The topological polar surface area (TPSA) is 156 Å². The minimum Gasteiger partial charge on any atom is -0.382 e. The Balaban J connectivity index is 1.30. The first-order valence-electron chi connectivity index (χ1n) is 12.6. The highest BCUT2D eigenvalue weighted by atomic mass is 19.4. The molecule has 0 atom stereocenters. The molecule has 0 aliphatic rings. The molecule has 4 heterocycles. The average molecular weight is 573 g/mol. The lowest BCUT2D eigenvalue weighted by atomic mass is 10.0. The van der Waals surface area contributed by atoms with Gasteiger partial charge in [-0.1, -0.05) is 42.0 Å². The van der Waals surface area contributed by atoms with Gasteiger partial charge in [0.05, 0.1) is 11.3 Å². The fraction of sp³-hybridized carbons (Fsp3) is 0.107. The summed E-state index contributed by atoms with van der Waals surface area (Å²) >= 11 is 0. The van der Waals surface area contributed by atoms with Crippen molar-refractivity contribution in [1.29, 1.82) is 0 Å². The SMILES string of the molecule is Cc1ccc(-c2ccc3nc(Nc4ccc(-c5c(C(=O)N(N)CC(F)(F)F)cn6ncnc(N)c56)cc4)[nH]c3n2)cc1. The van der Waals surface area contributed by atoms with Crippen LogP contribution in [0.2, 0.25) is 0 Å². The number of aromatic amines is 1. The first-order chi connectivity index (χ1) is 20.1. The molecule has 212 valence electrons. The summed E-state index contributed by atoms with van der Waals surface area (Å²) in [7, 11) is 0. The molecule has 6 rings (SSSR count). The number of carbonyl (C=O) groups excluding carboxylic acids is 1. The molecule has 0 saturated carbocycles. The third kappa shape index (κ3) is 5.17. The van der Waals surface area contributed by atoms with Crippen LogP contribution < -0.4 is 16.9 Å². The standard InChI is InChI=1S/C28H23F3N10O/c1-15-2-4-16(5-3-15)20-10-11-21-25(37-20)39-27(38-21)36-18-8-6-17(7-9-18)22-19(26(42)40(33)13-28(29,30)31)12-41-23(22)24(32)34-14-35-41/h2-12,14H,13,33H2,1H3,(H2,32,34,35)(H2,36,37,38,39). The highest BCUT2D eigenvalue weighted by Crippen LogP contribution is 2.34. The van der Waals surface area contributed by atoms with Gasteiger partial charge < -0.3 is 16.0 Å². The third-order valence-electron chi connectivity index (χ3n) is 6.57. The second-order valence-corrected chi connectivity index (χ2v) is 9.62. The third-order valence-corrected chi connectivity index (χ3v) is 6.57. The minimum atomic E-state index is -4.68. The maximum atomic E-state index is 13.0. The van der Waals surface area contributed by atoms with Crippen molar-refractivity contribution in [2.75, 3.05) is 17.6 Å². The van der Waals surface area contributed by atoms with Crippen molar-refractivity contribution < 1.29 is 18.0 Å². The quantitative estimate of drug-likeness (QED) is 0.125. The predicted octanol–water partition coefficient (Wildman–Crippen LogP) is 4.85. The molecule has 6 N–H and O–H groups in total. The number of nitrogens with one attached hydrogen (secondary N) is 2. The number of benzene rings is 2. The van der Waals surface area contributed by atoms with Gasteiger partial charge in [-0.05, 0) is 36.8 Å². The number of fused-ring (bicyclic) bond motifs is 2. The van der Waals surface area contributed by atoms with Crippen molar-refractivity contribution in [3.05, 3.63) is 84.3 Å². The Morgan fingerprint density at radius 1 is 1.02 bits per heavy atom. The number of nitrogens with two attached hydrogens (primary N) is 2. The minimum absolute atomic E-state index is 0.0421. The van der Waals surface area contributed by atoms with Crippen molar-refractivity contribution in [3.8, 4) is 22.4 Å². The van der Waals surface area contributed by atoms with Crippen LogP contribution in [0.15, 0.2) is 73.2 Å². The van der Waals surface area contributed by atoms with E-state index in [0.29, 0.717) is 28.4 Å². The normalized spacial score (nSPS) is 11.7. The largest absolute Gasteiger partial charge is 0.407 e. The van der Waals surface area contributed by atoms with Crippen LogP contribution in [0, 0.1) is 6.92 Å². The van der Waals surface area contributed by atoms with Gasteiger partial charge in [0.2, 0.25) is 5.95 Å². The number of amides is 1. The molecule has 0 aliphatic carbocycles. The van der Waals surface area contributed by atoms with E-state index in [4.69, 9.17) is 11.6 Å². The molecule has 14 heteroatoms. The highest BCUT2D eigenvalue weighted by Gasteiger charge is 2.34. The molecule has 6 aromatic rings. The number of hydrazine groups is 1. The second kappa shape index (κ2) is 10.2. The van der Waals surface area contributed by atoms with Gasteiger partial charge in [0.25, 0.3) is 5.91 Å². The van der Waals surface area contributed by atoms with Crippen LogP contribution in [0.5, 0.6) is 0 Å². The van der Waals surface area contributed by atoms with Crippen LogP contribution in [0.25, 0.3) is 39.1 Å². The zero-order valence-corrected chi connectivity index (χ0v) is 22.0. The van der Waals surface area contributed by atoms with E-state index < -0.39 is 18.6 Å². The number of nitrogen functional groups attached to an aromatic ring is 1. The van der Waals surface area contributed by atoms with E-state index >= 15 is 0 Å². The number of carbonyl (C=O) groups is 1. The molecule has 2 aromatic carbocycles. The molecule has 1 amide bonds. The van der Waals surface area contributed by atoms with Gasteiger partial charge in [-0.15, -0.1) is 0 Å². The number of nitrogens with zero attached hydrogens (tertiary/aromatic N) is 6. The number of hydrogen-bond donors (Lipinski definition) is 4. The number of hydrogen-bond acceptors (Lipinski definition) is 8. The number of aryl methyl sites for hydroxylation is 1. The maximum Gasteiger partial charge on any atom is 0.407 e. The van der Waals surface area contributed by atoms with E-state index in [0.717, 1.165) is 16.8 Å².